The number of carbonyl (C=O) groups is 1. The van der Waals surface area contributed by atoms with E-state index in [-0.39, 0.29) is 5.91 Å². The Hall–Kier alpha value is -2.80. The summed E-state index contributed by atoms with van der Waals surface area (Å²) in [6, 6.07) is 16.4. The number of nitrogens with one attached hydrogen (secondary N) is 1. The summed E-state index contributed by atoms with van der Waals surface area (Å²) in [6.45, 7) is 4.70. The molecule has 6 nitrogen and oxygen atoms in total. The van der Waals surface area contributed by atoms with Gasteiger partial charge in [0.25, 0.3) is 0 Å². The van der Waals surface area contributed by atoms with E-state index < -0.39 is 0 Å². The maximum atomic E-state index is 12.6. The van der Waals surface area contributed by atoms with Crippen LogP contribution in [0.1, 0.15) is 101 Å². The number of amides is 1. The molecule has 1 aromatic heterocycles. The first-order valence-corrected chi connectivity index (χ1v) is 15.6. The SMILES string of the molecule is CCCCCCCCCCCCCC(=O)NCc1nnc(SCc2cccc(OC)c2)n1-c1ccc(C)cc1. The van der Waals surface area contributed by atoms with Gasteiger partial charge in [-0.1, -0.05) is 113 Å². The van der Waals surface area contributed by atoms with Crippen LogP contribution in [0, 0.1) is 6.92 Å². The smallest absolute Gasteiger partial charge is 0.220 e. The molecule has 0 radical (unpaired) electrons. The molecular weight excluding hydrogens is 504 g/mol. The van der Waals surface area contributed by atoms with Crippen LogP contribution in [0.3, 0.4) is 0 Å². The molecule has 0 aliphatic heterocycles. The third-order valence-electron chi connectivity index (χ3n) is 6.95. The number of hydrogen-bond acceptors (Lipinski definition) is 5. The molecule has 212 valence electrons. The topological polar surface area (TPSA) is 69.0 Å². The summed E-state index contributed by atoms with van der Waals surface area (Å²) in [7, 11) is 1.68. The Balaban J connectivity index is 1.46. The number of thioether (sulfide) groups is 1. The molecule has 39 heavy (non-hydrogen) atoms. The number of aryl methyl sites for hydroxylation is 1. The number of ether oxygens (including phenoxy) is 1. The largest absolute Gasteiger partial charge is 0.497 e. The summed E-state index contributed by atoms with van der Waals surface area (Å²) in [5, 5.41) is 12.8. The maximum Gasteiger partial charge on any atom is 0.220 e. The Kier molecular flexibility index (Phi) is 14.0. The minimum atomic E-state index is 0.0787. The molecule has 0 fully saturated rings. The molecule has 0 saturated carbocycles. The molecule has 1 heterocycles. The van der Waals surface area contributed by atoms with E-state index >= 15 is 0 Å². The van der Waals surface area contributed by atoms with Gasteiger partial charge in [0.2, 0.25) is 5.91 Å². The van der Waals surface area contributed by atoms with Crippen molar-refractivity contribution in [2.75, 3.05) is 7.11 Å². The van der Waals surface area contributed by atoms with Crippen LogP contribution >= 0.6 is 11.8 Å². The average molecular weight is 551 g/mol. The molecule has 1 N–H and O–H groups in total. The van der Waals surface area contributed by atoms with Crippen molar-refractivity contribution in [1.29, 1.82) is 0 Å². The van der Waals surface area contributed by atoms with E-state index in [1.807, 2.05) is 22.8 Å². The van der Waals surface area contributed by atoms with Crippen molar-refractivity contribution in [3.05, 3.63) is 65.5 Å². The second-order valence-electron chi connectivity index (χ2n) is 10.3. The Morgan fingerprint density at radius 1 is 0.897 bits per heavy atom. The van der Waals surface area contributed by atoms with E-state index in [0.717, 1.165) is 46.6 Å². The number of unbranched alkanes of at least 4 members (excludes halogenated alkanes) is 10. The fourth-order valence-electron chi connectivity index (χ4n) is 4.59. The molecule has 1 amide bonds. The fourth-order valence-corrected chi connectivity index (χ4v) is 5.50. The first kappa shape index (κ1) is 30.7. The van der Waals surface area contributed by atoms with Crippen molar-refractivity contribution in [1.82, 2.24) is 20.1 Å². The summed E-state index contributed by atoms with van der Waals surface area (Å²) in [6.07, 6.45) is 14.6. The highest BCUT2D eigenvalue weighted by atomic mass is 32.2. The number of methoxy groups -OCH3 is 1. The number of aromatic nitrogens is 3. The number of nitrogens with zero attached hydrogens (tertiary/aromatic N) is 3. The molecule has 0 aliphatic rings. The van der Waals surface area contributed by atoms with Gasteiger partial charge in [0, 0.05) is 17.9 Å². The van der Waals surface area contributed by atoms with E-state index in [9.17, 15) is 4.79 Å². The summed E-state index contributed by atoms with van der Waals surface area (Å²) in [5.74, 6) is 2.40. The van der Waals surface area contributed by atoms with Gasteiger partial charge >= 0.3 is 0 Å². The van der Waals surface area contributed by atoms with E-state index in [4.69, 9.17) is 4.74 Å². The molecule has 0 saturated heterocycles. The molecule has 0 atom stereocenters. The number of hydrogen-bond donors (Lipinski definition) is 1. The van der Waals surface area contributed by atoms with Crippen LogP contribution in [0.5, 0.6) is 5.75 Å². The minimum absolute atomic E-state index is 0.0787. The molecule has 3 aromatic rings. The van der Waals surface area contributed by atoms with Gasteiger partial charge in [-0.25, -0.2) is 0 Å². The minimum Gasteiger partial charge on any atom is -0.497 e. The monoisotopic (exact) mass is 550 g/mol. The molecular formula is C32H46N4O2S. The lowest BCUT2D eigenvalue weighted by Gasteiger charge is -2.12. The quantitative estimate of drug-likeness (QED) is 0.120. The second kappa shape index (κ2) is 17.7. The van der Waals surface area contributed by atoms with Crippen LogP contribution in [0.2, 0.25) is 0 Å². The number of rotatable bonds is 19. The Morgan fingerprint density at radius 2 is 1.56 bits per heavy atom. The standard InChI is InChI=1S/C32H46N4O2S/c1-4-5-6-7-8-9-10-11-12-13-14-18-31(37)33-24-30-34-35-32(36(30)28-21-19-26(2)20-22-28)39-25-27-16-15-17-29(23-27)38-3/h15-17,19-23H,4-14,18,24-25H2,1-3H3,(H,33,37). The van der Waals surface area contributed by atoms with Crippen LogP contribution < -0.4 is 10.1 Å². The Labute approximate surface area is 239 Å². The lowest BCUT2D eigenvalue weighted by molar-refractivity contribution is -0.121. The number of carbonyl (C=O) groups excluding carboxylic acids is 1. The van der Waals surface area contributed by atoms with Crippen LogP contribution in [0.4, 0.5) is 0 Å². The molecule has 0 bridgehead atoms. The second-order valence-corrected chi connectivity index (χ2v) is 11.2. The predicted molar refractivity (Wildman–Crippen MR) is 162 cm³/mol. The normalized spacial score (nSPS) is 11.1. The van der Waals surface area contributed by atoms with Gasteiger partial charge in [-0.05, 0) is 43.2 Å². The van der Waals surface area contributed by atoms with Crippen molar-refractivity contribution in [3.63, 3.8) is 0 Å². The lowest BCUT2D eigenvalue weighted by atomic mass is 10.1. The summed E-state index contributed by atoms with van der Waals surface area (Å²) >= 11 is 1.62. The van der Waals surface area contributed by atoms with Crippen LogP contribution in [0.15, 0.2) is 53.7 Å². The van der Waals surface area contributed by atoms with Gasteiger partial charge in [-0.2, -0.15) is 0 Å². The molecule has 7 heteroatoms. The Morgan fingerprint density at radius 3 is 2.23 bits per heavy atom. The van der Waals surface area contributed by atoms with Crippen LogP contribution in [-0.4, -0.2) is 27.8 Å². The van der Waals surface area contributed by atoms with Gasteiger partial charge < -0.3 is 10.1 Å². The van der Waals surface area contributed by atoms with Crippen LogP contribution in [-0.2, 0) is 17.1 Å². The summed E-state index contributed by atoms with van der Waals surface area (Å²) < 4.78 is 7.41. The highest BCUT2D eigenvalue weighted by Crippen LogP contribution is 2.27. The maximum absolute atomic E-state index is 12.6. The van der Waals surface area contributed by atoms with Gasteiger partial charge in [0.1, 0.15) is 5.75 Å². The predicted octanol–water partition coefficient (Wildman–Crippen LogP) is 8.19. The Bertz CT molecular complexity index is 1110. The van der Waals surface area contributed by atoms with Gasteiger partial charge in [-0.3, -0.25) is 9.36 Å². The zero-order valence-corrected chi connectivity index (χ0v) is 24.9. The van der Waals surface area contributed by atoms with E-state index in [1.54, 1.807) is 18.9 Å². The first-order valence-electron chi connectivity index (χ1n) is 14.6. The first-order chi connectivity index (χ1) is 19.1. The fraction of sp³-hybridized carbons (Fsp3) is 0.531. The van der Waals surface area contributed by atoms with Gasteiger partial charge in [0.15, 0.2) is 11.0 Å². The van der Waals surface area contributed by atoms with E-state index in [2.05, 4.69) is 59.7 Å². The van der Waals surface area contributed by atoms with Crippen LogP contribution in [0.25, 0.3) is 5.69 Å². The lowest BCUT2D eigenvalue weighted by Crippen LogP contribution is -2.24. The average Bonchev–Trinajstić information content (AvgIpc) is 3.37. The highest BCUT2D eigenvalue weighted by Gasteiger charge is 2.16. The van der Waals surface area contributed by atoms with Gasteiger partial charge in [-0.15, -0.1) is 10.2 Å². The van der Waals surface area contributed by atoms with Crippen molar-refractivity contribution in [2.24, 2.45) is 0 Å². The molecule has 3 rings (SSSR count). The van der Waals surface area contributed by atoms with Crippen molar-refractivity contribution in [3.8, 4) is 11.4 Å². The zero-order chi connectivity index (χ0) is 27.7. The number of benzene rings is 2. The third kappa shape index (κ3) is 11.1. The third-order valence-corrected chi connectivity index (χ3v) is 7.95. The van der Waals surface area contributed by atoms with E-state index in [1.165, 1.54) is 63.4 Å². The highest BCUT2D eigenvalue weighted by molar-refractivity contribution is 7.98. The van der Waals surface area contributed by atoms with Crippen molar-refractivity contribution < 1.29 is 9.53 Å². The van der Waals surface area contributed by atoms with E-state index in [0.29, 0.717) is 13.0 Å². The molecule has 0 unspecified atom stereocenters. The molecule has 0 aliphatic carbocycles. The van der Waals surface area contributed by atoms with Crippen molar-refractivity contribution in [2.45, 2.75) is 108 Å². The van der Waals surface area contributed by atoms with Crippen molar-refractivity contribution >= 4 is 17.7 Å². The summed E-state index contributed by atoms with van der Waals surface area (Å²) in [5.41, 5.74) is 3.34. The zero-order valence-electron chi connectivity index (χ0n) is 24.1. The molecule has 2 aromatic carbocycles. The van der Waals surface area contributed by atoms with Gasteiger partial charge in [0.05, 0.1) is 13.7 Å². The molecule has 0 spiro atoms. The summed E-state index contributed by atoms with van der Waals surface area (Å²) in [4.78, 5) is 12.6.